The Labute approximate surface area is 141 Å². The molecule has 1 amide bonds. The maximum Gasteiger partial charge on any atom is 0.425 e. The monoisotopic (exact) mass is 357 g/mol. The normalized spacial score (nSPS) is 14.1. The van der Waals surface area contributed by atoms with Crippen molar-refractivity contribution in [3.63, 3.8) is 0 Å². The molecule has 0 radical (unpaired) electrons. The fraction of sp³-hybridized carbons (Fsp3) is 0.375. The summed E-state index contributed by atoms with van der Waals surface area (Å²) in [7, 11) is 1.30. The number of carbonyl (C=O) groups is 1. The molecule has 3 N–H and O–H groups in total. The molecule has 0 aliphatic heterocycles. The first kappa shape index (κ1) is 18.8. The third kappa shape index (κ3) is 4.30. The lowest BCUT2D eigenvalue weighted by Crippen LogP contribution is -2.48. The number of aryl methyl sites for hydroxylation is 1. The van der Waals surface area contributed by atoms with Crippen LogP contribution in [0.2, 0.25) is 0 Å². The first-order valence-electron chi connectivity index (χ1n) is 7.45. The molecule has 0 bridgehead atoms. The van der Waals surface area contributed by atoms with Crippen molar-refractivity contribution in [2.45, 2.75) is 24.6 Å². The molecule has 0 aliphatic rings. The van der Waals surface area contributed by atoms with Gasteiger partial charge >= 0.3 is 6.18 Å². The Kier molecular flexibility index (Phi) is 5.36. The molecule has 0 saturated heterocycles. The fourth-order valence-electron chi connectivity index (χ4n) is 2.42. The summed E-state index contributed by atoms with van der Waals surface area (Å²) >= 11 is 0. The lowest BCUT2D eigenvalue weighted by molar-refractivity contribution is -0.271. The number of halogens is 3. The second kappa shape index (κ2) is 7.14. The van der Waals surface area contributed by atoms with Crippen LogP contribution >= 0.6 is 0 Å². The third-order valence-electron chi connectivity index (χ3n) is 3.72. The molecular weight excluding hydrogens is 339 g/mol. The average Bonchev–Trinajstić information content (AvgIpc) is 2.92. The van der Waals surface area contributed by atoms with E-state index in [1.165, 1.54) is 25.4 Å². The van der Waals surface area contributed by atoms with E-state index in [1.54, 1.807) is 12.1 Å². The minimum atomic E-state index is -5.06. The Morgan fingerprint density at radius 3 is 2.64 bits per heavy atom. The predicted octanol–water partition coefficient (Wildman–Crippen LogP) is 1.62. The number of rotatable bonds is 6. The Bertz CT molecular complexity index is 745. The van der Waals surface area contributed by atoms with E-state index in [4.69, 9.17) is 0 Å². The van der Waals surface area contributed by atoms with Crippen molar-refractivity contribution in [2.24, 2.45) is 7.05 Å². The zero-order valence-corrected chi connectivity index (χ0v) is 13.4. The Hall–Kier alpha value is -2.55. The quantitative estimate of drug-likeness (QED) is 0.733. The van der Waals surface area contributed by atoms with E-state index in [-0.39, 0.29) is 12.3 Å². The molecule has 136 valence electrons. The van der Waals surface area contributed by atoms with E-state index >= 15 is 0 Å². The molecule has 0 saturated carbocycles. The molecule has 0 aliphatic carbocycles. The second-order valence-corrected chi connectivity index (χ2v) is 5.67. The highest BCUT2D eigenvalue weighted by molar-refractivity contribution is 5.77. The van der Waals surface area contributed by atoms with E-state index < -0.39 is 29.9 Å². The molecule has 1 atom stereocenters. The average molecular weight is 357 g/mol. The number of aliphatic hydroxyl groups is 1. The van der Waals surface area contributed by atoms with Gasteiger partial charge in [0.15, 0.2) is 5.82 Å². The van der Waals surface area contributed by atoms with E-state index in [2.05, 4.69) is 10.3 Å². The van der Waals surface area contributed by atoms with Gasteiger partial charge in [0.25, 0.3) is 0 Å². The SMILES string of the molecule is Cn1ccnc1C(O)(CC(=O)NCCc1cccc(O)c1)C(F)(F)F. The number of carbonyl (C=O) groups excluding carboxylic acids is 1. The van der Waals surface area contributed by atoms with Crippen LogP contribution in [0.3, 0.4) is 0 Å². The van der Waals surface area contributed by atoms with Gasteiger partial charge in [0.2, 0.25) is 11.5 Å². The smallest absolute Gasteiger partial charge is 0.425 e. The summed E-state index contributed by atoms with van der Waals surface area (Å²) in [6.45, 7) is 0.0663. The summed E-state index contributed by atoms with van der Waals surface area (Å²) in [5, 5.41) is 21.8. The van der Waals surface area contributed by atoms with Gasteiger partial charge in [-0.1, -0.05) is 12.1 Å². The highest BCUT2D eigenvalue weighted by Gasteiger charge is 2.58. The molecule has 9 heteroatoms. The largest absolute Gasteiger partial charge is 0.508 e. The number of nitrogens with zero attached hydrogens (tertiary/aromatic N) is 2. The van der Waals surface area contributed by atoms with Gasteiger partial charge in [0, 0.05) is 26.0 Å². The van der Waals surface area contributed by atoms with Gasteiger partial charge in [-0.05, 0) is 24.1 Å². The first-order chi connectivity index (χ1) is 11.6. The fourth-order valence-corrected chi connectivity index (χ4v) is 2.42. The highest BCUT2D eigenvalue weighted by atomic mass is 19.4. The number of aromatic hydroxyl groups is 1. The van der Waals surface area contributed by atoms with Crippen LogP contribution in [0.5, 0.6) is 5.75 Å². The van der Waals surface area contributed by atoms with Crippen LogP contribution in [0.1, 0.15) is 17.8 Å². The zero-order valence-electron chi connectivity index (χ0n) is 13.4. The number of alkyl halides is 3. The number of phenolic OH excluding ortho intramolecular Hbond substituents is 1. The molecule has 1 aromatic heterocycles. The standard InChI is InChI=1S/C16H18F3N3O3/c1-22-8-7-21-14(22)15(25,16(17,18)19)10-13(24)20-6-5-11-3-2-4-12(23)9-11/h2-4,7-9,23,25H,5-6,10H2,1H3,(H,20,24). The number of nitrogens with one attached hydrogen (secondary N) is 1. The summed E-state index contributed by atoms with van der Waals surface area (Å²) in [5.41, 5.74) is -2.66. The van der Waals surface area contributed by atoms with E-state index in [9.17, 15) is 28.2 Å². The van der Waals surface area contributed by atoms with Crippen molar-refractivity contribution in [1.82, 2.24) is 14.9 Å². The van der Waals surface area contributed by atoms with Gasteiger partial charge < -0.3 is 20.1 Å². The summed E-state index contributed by atoms with van der Waals surface area (Å²) in [6.07, 6.45) is -3.55. The topological polar surface area (TPSA) is 87.4 Å². The molecule has 0 fully saturated rings. The molecule has 6 nitrogen and oxygen atoms in total. The van der Waals surface area contributed by atoms with Gasteiger partial charge in [-0.3, -0.25) is 4.79 Å². The van der Waals surface area contributed by atoms with E-state index in [0.29, 0.717) is 6.42 Å². The maximum atomic E-state index is 13.3. The molecular formula is C16H18F3N3O3. The number of aromatic nitrogens is 2. The van der Waals surface area contributed by atoms with Crippen LogP contribution in [0, 0.1) is 0 Å². The minimum absolute atomic E-state index is 0.0602. The van der Waals surface area contributed by atoms with Crippen molar-refractivity contribution in [3.05, 3.63) is 48.0 Å². The van der Waals surface area contributed by atoms with Crippen LogP contribution in [-0.2, 0) is 23.9 Å². The zero-order chi connectivity index (χ0) is 18.7. The molecule has 2 aromatic rings. The Morgan fingerprint density at radius 1 is 1.36 bits per heavy atom. The highest BCUT2D eigenvalue weighted by Crippen LogP contribution is 2.40. The molecule has 1 unspecified atom stereocenters. The van der Waals surface area contributed by atoms with Crippen LogP contribution in [0.25, 0.3) is 0 Å². The Morgan fingerprint density at radius 2 is 2.08 bits per heavy atom. The number of imidazole rings is 1. The summed E-state index contributed by atoms with van der Waals surface area (Å²) in [6, 6.07) is 6.31. The van der Waals surface area contributed by atoms with Crippen LogP contribution in [-0.4, -0.2) is 38.4 Å². The number of phenols is 1. The number of amides is 1. The van der Waals surface area contributed by atoms with Crippen molar-refractivity contribution in [2.75, 3.05) is 6.54 Å². The van der Waals surface area contributed by atoms with Gasteiger partial charge in [-0.25, -0.2) is 4.98 Å². The van der Waals surface area contributed by atoms with E-state index in [1.807, 2.05) is 0 Å². The van der Waals surface area contributed by atoms with Gasteiger partial charge in [0.05, 0.1) is 6.42 Å². The maximum absolute atomic E-state index is 13.3. The first-order valence-corrected chi connectivity index (χ1v) is 7.45. The van der Waals surface area contributed by atoms with Gasteiger partial charge in [0.1, 0.15) is 5.75 Å². The van der Waals surface area contributed by atoms with Crippen molar-refractivity contribution in [3.8, 4) is 5.75 Å². The lowest BCUT2D eigenvalue weighted by Gasteiger charge is -2.29. The van der Waals surface area contributed by atoms with Crippen molar-refractivity contribution in [1.29, 1.82) is 0 Å². The number of benzene rings is 1. The molecule has 1 heterocycles. The third-order valence-corrected chi connectivity index (χ3v) is 3.72. The van der Waals surface area contributed by atoms with Crippen LogP contribution in [0.4, 0.5) is 13.2 Å². The summed E-state index contributed by atoms with van der Waals surface area (Å²) in [5.74, 6) is -1.55. The lowest BCUT2D eigenvalue weighted by atomic mass is 9.97. The predicted molar refractivity (Wildman–Crippen MR) is 82.6 cm³/mol. The summed E-state index contributed by atoms with van der Waals surface area (Å²) in [4.78, 5) is 15.4. The van der Waals surface area contributed by atoms with Crippen molar-refractivity contribution >= 4 is 5.91 Å². The van der Waals surface area contributed by atoms with Crippen molar-refractivity contribution < 1.29 is 28.2 Å². The number of hydrogen-bond acceptors (Lipinski definition) is 4. The van der Waals surface area contributed by atoms with Crippen LogP contribution in [0.15, 0.2) is 36.7 Å². The van der Waals surface area contributed by atoms with Gasteiger partial charge in [-0.2, -0.15) is 13.2 Å². The van der Waals surface area contributed by atoms with E-state index in [0.717, 1.165) is 16.3 Å². The van der Waals surface area contributed by atoms with Gasteiger partial charge in [-0.15, -0.1) is 0 Å². The molecule has 2 rings (SSSR count). The molecule has 0 spiro atoms. The summed E-state index contributed by atoms with van der Waals surface area (Å²) < 4.78 is 41.0. The van der Waals surface area contributed by atoms with Crippen LogP contribution < -0.4 is 5.32 Å². The second-order valence-electron chi connectivity index (χ2n) is 5.67. The Balaban J connectivity index is 2.02. The molecule has 25 heavy (non-hydrogen) atoms. The molecule has 1 aromatic carbocycles. The minimum Gasteiger partial charge on any atom is -0.508 e. The number of hydrogen-bond donors (Lipinski definition) is 3.